The molecule has 0 aliphatic heterocycles. The maximum absolute atomic E-state index is 11.4. The number of carboxylic acid groups (broad SMARTS) is 1. The van der Waals surface area contributed by atoms with Gasteiger partial charge >= 0.3 is 5.97 Å². The van der Waals surface area contributed by atoms with Crippen LogP contribution in [0.5, 0.6) is 0 Å². The van der Waals surface area contributed by atoms with Gasteiger partial charge in [0.15, 0.2) is 0 Å². The molecule has 0 aliphatic carbocycles. The molecule has 144 valence electrons. The number of hydrogen-bond donors (Lipinski definition) is 3. The molecule has 7 nitrogen and oxygen atoms in total. The molecule has 3 aromatic carbocycles. The molecule has 0 bridgehead atoms. The van der Waals surface area contributed by atoms with E-state index in [1.165, 1.54) is 12.1 Å². The number of fused-ring (bicyclic) bond motifs is 1. The summed E-state index contributed by atoms with van der Waals surface area (Å²) in [4.78, 5) is 27.4. The second kappa shape index (κ2) is 7.12. The van der Waals surface area contributed by atoms with Crippen LogP contribution in [0.2, 0.25) is 0 Å². The lowest BCUT2D eigenvalue weighted by atomic mass is 10.2. The SMILES string of the molecule is Cc1ccccc1Nc1nc2cc(C(=O)O)ccc2n1-c1ccc(C(N)=O)cc1. The number of hydrogen-bond acceptors (Lipinski definition) is 4. The maximum Gasteiger partial charge on any atom is 0.335 e. The first-order valence-electron chi connectivity index (χ1n) is 8.93. The van der Waals surface area contributed by atoms with Gasteiger partial charge in [-0.1, -0.05) is 18.2 Å². The molecular weight excluding hydrogens is 368 g/mol. The maximum atomic E-state index is 11.4. The number of nitrogens with two attached hydrogens (primary N) is 1. The van der Waals surface area contributed by atoms with Crippen molar-refractivity contribution < 1.29 is 14.7 Å². The Morgan fingerprint density at radius 1 is 1.00 bits per heavy atom. The van der Waals surface area contributed by atoms with Gasteiger partial charge in [0, 0.05) is 16.9 Å². The fourth-order valence-electron chi connectivity index (χ4n) is 3.17. The average molecular weight is 386 g/mol. The van der Waals surface area contributed by atoms with E-state index >= 15 is 0 Å². The third kappa shape index (κ3) is 3.41. The first-order valence-corrected chi connectivity index (χ1v) is 8.93. The van der Waals surface area contributed by atoms with E-state index < -0.39 is 11.9 Å². The lowest BCUT2D eigenvalue weighted by molar-refractivity contribution is 0.0696. The van der Waals surface area contributed by atoms with Crippen LogP contribution in [0.15, 0.2) is 66.7 Å². The predicted octanol–water partition coefficient (Wildman–Crippen LogP) is 3.87. The Balaban J connectivity index is 1.90. The molecule has 1 heterocycles. The Morgan fingerprint density at radius 3 is 2.34 bits per heavy atom. The second-order valence-corrected chi connectivity index (χ2v) is 6.63. The van der Waals surface area contributed by atoms with Crippen molar-refractivity contribution in [3.8, 4) is 5.69 Å². The highest BCUT2D eigenvalue weighted by atomic mass is 16.4. The number of rotatable bonds is 5. The van der Waals surface area contributed by atoms with Gasteiger partial charge in [0.1, 0.15) is 0 Å². The van der Waals surface area contributed by atoms with Crippen molar-refractivity contribution in [3.63, 3.8) is 0 Å². The fourth-order valence-corrected chi connectivity index (χ4v) is 3.17. The van der Waals surface area contributed by atoms with Crippen molar-refractivity contribution in [1.29, 1.82) is 0 Å². The monoisotopic (exact) mass is 386 g/mol. The van der Waals surface area contributed by atoms with Crippen LogP contribution < -0.4 is 11.1 Å². The van der Waals surface area contributed by atoms with E-state index in [1.54, 1.807) is 30.3 Å². The highest BCUT2D eigenvalue weighted by Gasteiger charge is 2.16. The number of nitrogens with one attached hydrogen (secondary N) is 1. The topological polar surface area (TPSA) is 110 Å². The Labute approximate surface area is 166 Å². The predicted molar refractivity (Wildman–Crippen MR) is 111 cm³/mol. The molecule has 0 saturated heterocycles. The molecule has 0 saturated carbocycles. The molecule has 0 atom stereocenters. The summed E-state index contributed by atoms with van der Waals surface area (Å²) in [7, 11) is 0. The van der Waals surface area contributed by atoms with Gasteiger partial charge in [-0.3, -0.25) is 9.36 Å². The normalized spacial score (nSPS) is 10.8. The quantitative estimate of drug-likeness (QED) is 0.482. The van der Waals surface area contributed by atoms with Crippen LogP contribution in [0.4, 0.5) is 11.6 Å². The van der Waals surface area contributed by atoms with Gasteiger partial charge < -0.3 is 16.2 Å². The summed E-state index contributed by atoms with van der Waals surface area (Å²) in [5.41, 5.74) is 9.87. The van der Waals surface area contributed by atoms with Crippen molar-refractivity contribution in [1.82, 2.24) is 9.55 Å². The van der Waals surface area contributed by atoms with Gasteiger partial charge in [-0.05, 0) is 61.0 Å². The molecule has 0 unspecified atom stereocenters. The molecule has 0 fully saturated rings. The van der Waals surface area contributed by atoms with Crippen LogP contribution >= 0.6 is 0 Å². The Morgan fingerprint density at radius 2 is 1.69 bits per heavy atom. The largest absolute Gasteiger partial charge is 0.478 e. The summed E-state index contributed by atoms with van der Waals surface area (Å²) in [6.07, 6.45) is 0. The summed E-state index contributed by atoms with van der Waals surface area (Å²) in [5, 5.41) is 12.6. The number of aromatic nitrogens is 2. The van der Waals surface area contributed by atoms with Crippen molar-refractivity contribution >= 4 is 34.5 Å². The Bertz CT molecular complexity index is 1240. The lowest BCUT2D eigenvalue weighted by Gasteiger charge is -2.13. The van der Waals surface area contributed by atoms with Crippen molar-refractivity contribution in [2.24, 2.45) is 5.73 Å². The first-order chi connectivity index (χ1) is 13.9. The van der Waals surface area contributed by atoms with E-state index in [0.29, 0.717) is 17.0 Å². The number of aromatic carboxylic acids is 1. The molecule has 29 heavy (non-hydrogen) atoms. The fraction of sp³-hybridized carbons (Fsp3) is 0.0455. The summed E-state index contributed by atoms with van der Waals surface area (Å²) in [6.45, 7) is 1.99. The zero-order valence-electron chi connectivity index (χ0n) is 15.6. The van der Waals surface area contributed by atoms with Gasteiger partial charge in [-0.2, -0.15) is 0 Å². The summed E-state index contributed by atoms with van der Waals surface area (Å²) in [5.74, 6) is -0.985. The number of benzene rings is 3. The molecule has 1 amide bonds. The zero-order chi connectivity index (χ0) is 20.5. The van der Waals surface area contributed by atoms with E-state index in [2.05, 4.69) is 10.3 Å². The van der Waals surface area contributed by atoms with E-state index in [1.807, 2.05) is 35.8 Å². The number of para-hydroxylation sites is 1. The van der Waals surface area contributed by atoms with Gasteiger partial charge in [0.2, 0.25) is 11.9 Å². The number of carbonyl (C=O) groups excluding carboxylic acids is 1. The zero-order valence-corrected chi connectivity index (χ0v) is 15.6. The molecule has 4 aromatic rings. The number of amides is 1. The number of primary amides is 1. The van der Waals surface area contributed by atoms with Crippen LogP contribution in [0.3, 0.4) is 0 Å². The molecule has 4 N–H and O–H groups in total. The minimum absolute atomic E-state index is 0.161. The number of nitrogens with zero attached hydrogens (tertiary/aromatic N) is 2. The van der Waals surface area contributed by atoms with Gasteiger partial charge in [0.05, 0.1) is 16.6 Å². The molecule has 1 aromatic heterocycles. The van der Waals surface area contributed by atoms with Gasteiger partial charge in [0.25, 0.3) is 0 Å². The number of carboxylic acids is 1. The van der Waals surface area contributed by atoms with Crippen molar-refractivity contribution in [2.75, 3.05) is 5.32 Å². The summed E-state index contributed by atoms with van der Waals surface area (Å²) in [6, 6.07) is 19.4. The van der Waals surface area contributed by atoms with Crippen LogP contribution in [-0.4, -0.2) is 26.5 Å². The lowest BCUT2D eigenvalue weighted by Crippen LogP contribution is -2.11. The smallest absolute Gasteiger partial charge is 0.335 e. The molecular formula is C22H18N4O3. The van der Waals surface area contributed by atoms with E-state index in [-0.39, 0.29) is 5.56 Å². The third-order valence-corrected chi connectivity index (χ3v) is 4.70. The highest BCUT2D eigenvalue weighted by Crippen LogP contribution is 2.29. The Hall–Kier alpha value is -4.13. The average Bonchev–Trinajstić information content (AvgIpc) is 3.06. The van der Waals surface area contributed by atoms with E-state index in [0.717, 1.165) is 22.5 Å². The van der Waals surface area contributed by atoms with Gasteiger partial charge in [-0.25, -0.2) is 9.78 Å². The van der Waals surface area contributed by atoms with Crippen LogP contribution in [0, 0.1) is 6.92 Å². The molecule has 0 radical (unpaired) electrons. The molecule has 4 rings (SSSR count). The summed E-state index contributed by atoms with van der Waals surface area (Å²) < 4.78 is 1.87. The Kier molecular flexibility index (Phi) is 4.48. The number of carbonyl (C=O) groups is 2. The number of aryl methyl sites for hydroxylation is 1. The van der Waals surface area contributed by atoms with E-state index in [9.17, 15) is 14.7 Å². The molecule has 0 spiro atoms. The van der Waals surface area contributed by atoms with Crippen LogP contribution in [0.25, 0.3) is 16.7 Å². The third-order valence-electron chi connectivity index (χ3n) is 4.70. The minimum Gasteiger partial charge on any atom is -0.478 e. The summed E-state index contributed by atoms with van der Waals surface area (Å²) >= 11 is 0. The second-order valence-electron chi connectivity index (χ2n) is 6.63. The van der Waals surface area contributed by atoms with E-state index in [4.69, 9.17) is 5.73 Å². The van der Waals surface area contributed by atoms with Gasteiger partial charge in [-0.15, -0.1) is 0 Å². The van der Waals surface area contributed by atoms with Crippen LogP contribution in [0.1, 0.15) is 26.3 Å². The highest BCUT2D eigenvalue weighted by molar-refractivity contribution is 5.94. The standard InChI is InChI=1S/C22H18N4O3/c1-13-4-2-3-5-17(13)24-22-25-18-12-15(21(28)29)8-11-19(18)26(22)16-9-6-14(7-10-16)20(23)27/h2-12H,1H3,(H2,23,27)(H,24,25)(H,28,29). The molecule has 0 aliphatic rings. The number of anilines is 2. The minimum atomic E-state index is -1.01. The van der Waals surface area contributed by atoms with Crippen LogP contribution in [-0.2, 0) is 0 Å². The number of imidazole rings is 1. The van der Waals surface area contributed by atoms with Crippen molar-refractivity contribution in [3.05, 3.63) is 83.4 Å². The molecule has 7 heteroatoms. The first kappa shape index (κ1) is 18.2. The van der Waals surface area contributed by atoms with Crippen molar-refractivity contribution in [2.45, 2.75) is 6.92 Å².